The molecule has 0 aliphatic rings. The highest BCUT2D eigenvalue weighted by molar-refractivity contribution is 9.10. The van der Waals surface area contributed by atoms with E-state index in [4.69, 9.17) is 4.74 Å². The molecule has 0 saturated heterocycles. The molecule has 18 heavy (non-hydrogen) atoms. The van der Waals surface area contributed by atoms with Crippen LogP contribution in [0.4, 0.5) is 4.39 Å². The van der Waals surface area contributed by atoms with Gasteiger partial charge in [-0.2, -0.15) is 0 Å². The number of methoxy groups -OCH3 is 1. The van der Waals surface area contributed by atoms with Crippen LogP contribution >= 0.6 is 15.9 Å². The molecule has 0 heterocycles. The second-order valence-electron chi connectivity index (χ2n) is 3.85. The predicted octanol–water partition coefficient (Wildman–Crippen LogP) is 3.68. The minimum Gasteiger partial charge on any atom is -0.494 e. The van der Waals surface area contributed by atoms with Gasteiger partial charge >= 0.3 is 0 Å². The van der Waals surface area contributed by atoms with Gasteiger partial charge in [0.25, 0.3) is 0 Å². The van der Waals surface area contributed by atoms with Crippen molar-refractivity contribution in [3.63, 3.8) is 0 Å². The fraction of sp³-hybridized carbons (Fsp3) is 0.143. The van der Waals surface area contributed by atoms with E-state index in [9.17, 15) is 9.50 Å². The molecule has 4 heteroatoms. The smallest absolute Gasteiger partial charge is 0.165 e. The van der Waals surface area contributed by atoms with Gasteiger partial charge in [0.1, 0.15) is 6.10 Å². The van der Waals surface area contributed by atoms with Crippen LogP contribution in [-0.2, 0) is 0 Å². The number of hydrogen-bond acceptors (Lipinski definition) is 2. The summed E-state index contributed by atoms with van der Waals surface area (Å²) < 4.78 is 19.3. The number of aliphatic hydroxyl groups excluding tert-OH is 1. The van der Waals surface area contributed by atoms with Gasteiger partial charge in [0.2, 0.25) is 0 Å². The molecular formula is C14H12BrFO2. The fourth-order valence-electron chi connectivity index (χ4n) is 1.72. The third kappa shape index (κ3) is 2.71. The molecule has 0 fully saturated rings. The molecule has 2 rings (SSSR count). The van der Waals surface area contributed by atoms with Crippen molar-refractivity contribution in [2.75, 3.05) is 7.11 Å². The number of ether oxygens (including phenoxy) is 1. The lowest BCUT2D eigenvalue weighted by Gasteiger charge is -2.13. The molecule has 1 atom stereocenters. The van der Waals surface area contributed by atoms with Gasteiger partial charge in [-0.3, -0.25) is 0 Å². The predicted molar refractivity (Wildman–Crippen MR) is 71.2 cm³/mol. The van der Waals surface area contributed by atoms with Crippen LogP contribution in [0.3, 0.4) is 0 Å². The molecule has 0 bridgehead atoms. The Morgan fingerprint density at radius 3 is 2.50 bits per heavy atom. The monoisotopic (exact) mass is 310 g/mol. The Bertz CT molecular complexity index is 557. The van der Waals surface area contributed by atoms with Crippen molar-refractivity contribution in [3.05, 3.63) is 63.9 Å². The third-order valence-electron chi connectivity index (χ3n) is 2.66. The zero-order valence-corrected chi connectivity index (χ0v) is 11.3. The zero-order chi connectivity index (χ0) is 13.1. The van der Waals surface area contributed by atoms with Crippen LogP contribution in [0.25, 0.3) is 0 Å². The van der Waals surface area contributed by atoms with Crippen LogP contribution in [0.5, 0.6) is 5.75 Å². The normalized spacial score (nSPS) is 12.2. The van der Waals surface area contributed by atoms with Gasteiger partial charge in [-0.1, -0.05) is 34.1 Å². The minimum atomic E-state index is -0.858. The average Bonchev–Trinajstić information content (AvgIpc) is 2.37. The number of hydrogen-bond donors (Lipinski definition) is 1. The molecule has 0 radical (unpaired) electrons. The molecule has 0 spiro atoms. The molecular weight excluding hydrogens is 299 g/mol. The summed E-state index contributed by atoms with van der Waals surface area (Å²) in [6.07, 6.45) is -0.858. The number of rotatable bonds is 3. The Kier molecular flexibility index (Phi) is 3.99. The van der Waals surface area contributed by atoms with E-state index in [1.165, 1.54) is 19.2 Å². The Morgan fingerprint density at radius 2 is 1.89 bits per heavy atom. The van der Waals surface area contributed by atoms with E-state index in [1.54, 1.807) is 18.2 Å². The van der Waals surface area contributed by atoms with Gasteiger partial charge < -0.3 is 9.84 Å². The molecule has 0 amide bonds. The Hall–Kier alpha value is -1.39. The first-order valence-electron chi connectivity index (χ1n) is 5.39. The SMILES string of the molecule is COc1ccc(C(O)c2cccc(Br)c2)cc1F. The highest BCUT2D eigenvalue weighted by Gasteiger charge is 2.13. The summed E-state index contributed by atoms with van der Waals surface area (Å²) in [5.41, 5.74) is 1.19. The first-order chi connectivity index (χ1) is 8.61. The van der Waals surface area contributed by atoms with Crippen LogP contribution in [0.1, 0.15) is 17.2 Å². The summed E-state index contributed by atoms with van der Waals surface area (Å²) in [5, 5.41) is 10.2. The summed E-state index contributed by atoms with van der Waals surface area (Å²) in [6.45, 7) is 0. The zero-order valence-electron chi connectivity index (χ0n) is 9.73. The molecule has 0 aliphatic heterocycles. The largest absolute Gasteiger partial charge is 0.494 e. The van der Waals surface area contributed by atoms with Crippen LogP contribution in [0, 0.1) is 5.82 Å². The van der Waals surface area contributed by atoms with E-state index in [2.05, 4.69) is 15.9 Å². The minimum absolute atomic E-state index is 0.167. The lowest BCUT2D eigenvalue weighted by Crippen LogP contribution is -2.01. The number of benzene rings is 2. The van der Waals surface area contributed by atoms with E-state index < -0.39 is 11.9 Å². The van der Waals surface area contributed by atoms with Gasteiger partial charge in [-0.15, -0.1) is 0 Å². The molecule has 2 nitrogen and oxygen atoms in total. The summed E-state index contributed by atoms with van der Waals surface area (Å²) in [4.78, 5) is 0. The highest BCUT2D eigenvalue weighted by atomic mass is 79.9. The van der Waals surface area contributed by atoms with E-state index in [-0.39, 0.29) is 5.75 Å². The summed E-state index contributed by atoms with van der Waals surface area (Å²) in [6, 6.07) is 11.7. The van der Waals surface area contributed by atoms with Crippen molar-refractivity contribution in [1.29, 1.82) is 0 Å². The topological polar surface area (TPSA) is 29.5 Å². The number of halogens is 2. The van der Waals surface area contributed by atoms with E-state index in [1.807, 2.05) is 12.1 Å². The van der Waals surface area contributed by atoms with Crippen molar-refractivity contribution in [2.24, 2.45) is 0 Å². The molecule has 0 aliphatic carbocycles. The number of aliphatic hydroxyl groups is 1. The molecule has 2 aromatic carbocycles. The Labute approximate surface area is 113 Å². The van der Waals surface area contributed by atoms with E-state index in [0.717, 1.165) is 4.47 Å². The highest BCUT2D eigenvalue weighted by Crippen LogP contribution is 2.27. The average molecular weight is 311 g/mol. The quantitative estimate of drug-likeness (QED) is 0.937. The van der Waals surface area contributed by atoms with Crippen LogP contribution < -0.4 is 4.74 Å². The van der Waals surface area contributed by atoms with Gasteiger partial charge in [0, 0.05) is 4.47 Å². The maximum atomic E-state index is 13.6. The van der Waals surface area contributed by atoms with E-state index >= 15 is 0 Å². The van der Waals surface area contributed by atoms with E-state index in [0.29, 0.717) is 11.1 Å². The van der Waals surface area contributed by atoms with Crippen LogP contribution in [0.2, 0.25) is 0 Å². The summed E-state index contributed by atoms with van der Waals surface area (Å²) >= 11 is 3.34. The standard InChI is InChI=1S/C14H12BrFO2/c1-18-13-6-5-10(8-12(13)16)14(17)9-3-2-4-11(15)7-9/h2-8,14,17H,1H3. The third-order valence-corrected chi connectivity index (χ3v) is 3.15. The van der Waals surface area contributed by atoms with Crippen molar-refractivity contribution >= 4 is 15.9 Å². The molecule has 1 unspecified atom stereocenters. The van der Waals surface area contributed by atoms with Gasteiger partial charge in [-0.25, -0.2) is 4.39 Å². The lowest BCUT2D eigenvalue weighted by atomic mass is 10.0. The van der Waals surface area contributed by atoms with Crippen LogP contribution in [0.15, 0.2) is 46.9 Å². The molecule has 94 valence electrons. The first kappa shape index (κ1) is 13.1. The van der Waals surface area contributed by atoms with Gasteiger partial charge in [0.05, 0.1) is 7.11 Å². The second-order valence-corrected chi connectivity index (χ2v) is 4.77. The Balaban J connectivity index is 2.34. The molecule has 1 N–H and O–H groups in total. The molecule has 0 aromatic heterocycles. The lowest BCUT2D eigenvalue weighted by molar-refractivity contribution is 0.219. The fourth-order valence-corrected chi connectivity index (χ4v) is 2.14. The van der Waals surface area contributed by atoms with Gasteiger partial charge in [0.15, 0.2) is 11.6 Å². The Morgan fingerprint density at radius 1 is 1.17 bits per heavy atom. The van der Waals surface area contributed by atoms with Crippen molar-refractivity contribution < 1.29 is 14.2 Å². The van der Waals surface area contributed by atoms with Crippen molar-refractivity contribution in [2.45, 2.75) is 6.10 Å². The van der Waals surface area contributed by atoms with Crippen molar-refractivity contribution in [1.82, 2.24) is 0 Å². The molecule has 2 aromatic rings. The summed E-state index contributed by atoms with van der Waals surface area (Å²) in [7, 11) is 1.41. The second kappa shape index (κ2) is 5.50. The maximum Gasteiger partial charge on any atom is 0.165 e. The van der Waals surface area contributed by atoms with Crippen molar-refractivity contribution in [3.8, 4) is 5.75 Å². The maximum absolute atomic E-state index is 13.6. The first-order valence-corrected chi connectivity index (χ1v) is 6.18. The molecule has 0 saturated carbocycles. The van der Waals surface area contributed by atoms with Gasteiger partial charge in [-0.05, 0) is 35.4 Å². The van der Waals surface area contributed by atoms with Crippen LogP contribution in [-0.4, -0.2) is 12.2 Å². The summed E-state index contributed by atoms with van der Waals surface area (Å²) in [5.74, 6) is -0.316.